The normalized spacial score (nSPS) is 12.8. The predicted molar refractivity (Wildman–Crippen MR) is 61.7 cm³/mol. The van der Waals surface area contributed by atoms with E-state index < -0.39 is 0 Å². The molecule has 84 valence electrons. The monoisotopic (exact) mass is 218 g/mol. The second kappa shape index (κ2) is 4.37. The Bertz CT molecular complexity index is 471. The Labute approximate surface area is 93.4 Å². The first-order valence-electron chi connectivity index (χ1n) is 5.17. The number of para-hydroxylation sites is 1. The fourth-order valence-electron chi connectivity index (χ4n) is 1.48. The van der Waals surface area contributed by atoms with E-state index in [2.05, 4.69) is 5.32 Å². The molecule has 0 aliphatic heterocycles. The number of fused-ring (bicyclic) bond motifs is 1. The lowest BCUT2D eigenvalue weighted by Gasteiger charge is -2.07. The first kappa shape index (κ1) is 10.7. The lowest BCUT2D eigenvalue weighted by atomic mass is 10.2. The van der Waals surface area contributed by atoms with Crippen molar-refractivity contribution in [2.45, 2.75) is 19.5 Å². The maximum absolute atomic E-state index is 10.8. The second-order valence-corrected chi connectivity index (χ2v) is 3.76. The lowest BCUT2D eigenvalue weighted by Crippen LogP contribution is -2.38. The third-order valence-corrected chi connectivity index (χ3v) is 2.49. The van der Waals surface area contributed by atoms with Gasteiger partial charge < -0.3 is 10.2 Å². The third kappa shape index (κ3) is 2.23. The lowest BCUT2D eigenvalue weighted by molar-refractivity contribution is -0.119. The van der Waals surface area contributed by atoms with Crippen LogP contribution in [0.1, 0.15) is 12.7 Å². The summed E-state index contributed by atoms with van der Waals surface area (Å²) in [4.78, 5) is 10.8. The van der Waals surface area contributed by atoms with Crippen molar-refractivity contribution in [3.63, 3.8) is 0 Å². The van der Waals surface area contributed by atoms with Gasteiger partial charge in [-0.3, -0.25) is 10.1 Å². The van der Waals surface area contributed by atoms with Gasteiger partial charge in [-0.1, -0.05) is 18.2 Å². The fraction of sp³-hybridized carbons (Fsp3) is 0.250. The Kier molecular flexibility index (Phi) is 2.92. The van der Waals surface area contributed by atoms with Crippen molar-refractivity contribution in [3.05, 3.63) is 36.1 Å². The highest BCUT2D eigenvalue weighted by molar-refractivity contribution is 5.79. The zero-order chi connectivity index (χ0) is 11.5. The van der Waals surface area contributed by atoms with Gasteiger partial charge in [-0.2, -0.15) is 0 Å². The summed E-state index contributed by atoms with van der Waals surface area (Å²) in [6.07, 6.45) is 0. The van der Waals surface area contributed by atoms with E-state index in [9.17, 15) is 4.79 Å². The van der Waals surface area contributed by atoms with E-state index in [0.717, 1.165) is 16.7 Å². The average Bonchev–Trinajstić information content (AvgIpc) is 2.68. The largest absolute Gasteiger partial charge is 0.460 e. The van der Waals surface area contributed by atoms with Gasteiger partial charge in [0.2, 0.25) is 5.91 Å². The molecule has 0 aliphatic rings. The van der Waals surface area contributed by atoms with Crippen LogP contribution in [-0.2, 0) is 11.3 Å². The van der Waals surface area contributed by atoms with E-state index in [1.807, 2.05) is 30.3 Å². The fourth-order valence-corrected chi connectivity index (χ4v) is 1.48. The molecule has 0 spiro atoms. The molecule has 1 amide bonds. The highest BCUT2D eigenvalue weighted by atomic mass is 16.3. The van der Waals surface area contributed by atoms with Gasteiger partial charge in [0.25, 0.3) is 0 Å². The van der Waals surface area contributed by atoms with Gasteiger partial charge in [0.15, 0.2) is 0 Å². The Morgan fingerprint density at radius 2 is 2.25 bits per heavy atom. The van der Waals surface area contributed by atoms with Crippen LogP contribution in [0, 0.1) is 0 Å². The molecular weight excluding hydrogens is 204 g/mol. The van der Waals surface area contributed by atoms with Gasteiger partial charge in [0, 0.05) is 5.39 Å². The minimum absolute atomic E-state index is 0.354. The molecule has 1 aromatic heterocycles. The van der Waals surface area contributed by atoms with E-state index in [4.69, 9.17) is 10.2 Å². The van der Waals surface area contributed by atoms with Crippen LogP contribution in [0.3, 0.4) is 0 Å². The molecule has 4 heteroatoms. The van der Waals surface area contributed by atoms with Crippen LogP contribution in [0.15, 0.2) is 34.7 Å². The first-order chi connectivity index (χ1) is 7.66. The zero-order valence-corrected chi connectivity index (χ0v) is 9.07. The molecule has 0 bridgehead atoms. The van der Waals surface area contributed by atoms with Crippen molar-refractivity contribution < 1.29 is 9.21 Å². The molecule has 0 aliphatic carbocycles. The number of furan rings is 1. The number of carbonyl (C=O) groups is 1. The Morgan fingerprint density at radius 3 is 2.94 bits per heavy atom. The van der Waals surface area contributed by atoms with Crippen molar-refractivity contribution in [1.82, 2.24) is 5.32 Å². The molecule has 2 aromatic rings. The van der Waals surface area contributed by atoms with Crippen LogP contribution in [-0.4, -0.2) is 11.9 Å². The van der Waals surface area contributed by atoms with Gasteiger partial charge >= 0.3 is 0 Å². The molecule has 3 N–H and O–H groups in total. The smallest absolute Gasteiger partial charge is 0.234 e. The Balaban J connectivity index is 2.07. The molecule has 0 saturated heterocycles. The maximum atomic E-state index is 10.8. The quantitative estimate of drug-likeness (QED) is 0.815. The molecule has 1 heterocycles. The van der Waals surface area contributed by atoms with Crippen LogP contribution in [0.4, 0.5) is 0 Å². The van der Waals surface area contributed by atoms with Crippen LogP contribution in [0.5, 0.6) is 0 Å². The molecule has 0 fully saturated rings. The summed E-state index contributed by atoms with van der Waals surface area (Å²) < 4.78 is 5.58. The molecule has 2 rings (SSSR count). The summed E-state index contributed by atoms with van der Waals surface area (Å²) in [6, 6.07) is 9.38. The van der Waals surface area contributed by atoms with Gasteiger partial charge in [0.05, 0.1) is 12.6 Å². The van der Waals surface area contributed by atoms with Gasteiger partial charge in [0.1, 0.15) is 11.3 Å². The Hall–Kier alpha value is -1.81. The minimum atomic E-state index is -0.365. The highest BCUT2D eigenvalue weighted by Crippen LogP contribution is 2.18. The summed E-state index contributed by atoms with van der Waals surface area (Å²) in [5.74, 6) is 0.436. The number of rotatable bonds is 4. The number of nitrogens with one attached hydrogen (secondary N) is 1. The first-order valence-corrected chi connectivity index (χ1v) is 5.17. The average molecular weight is 218 g/mol. The van der Waals surface area contributed by atoms with E-state index in [1.165, 1.54) is 0 Å². The summed E-state index contributed by atoms with van der Waals surface area (Å²) in [5, 5.41) is 4.05. The third-order valence-electron chi connectivity index (χ3n) is 2.49. The van der Waals surface area contributed by atoms with Crippen molar-refractivity contribution in [3.8, 4) is 0 Å². The highest BCUT2D eigenvalue weighted by Gasteiger charge is 2.09. The van der Waals surface area contributed by atoms with Crippen LogP contribution in [0.2, 0.25) is 0 Å². The van der Waals surface area contributed by atoms with E-state index >= 15 is 0 Å². The van der Waals surface area contributed by atoms with Crippen LogP contribution < -0.4 is 11.1 Å². The summed E-state index contributed by atoms with van der Waals surface area (Å²) in [7, 11) is 0. The van der Waals surface area contributed by atoms with Crippen LogP contribution >= 0.6 is 0 Å². The molecule has 0 radical (unpaired) electrons. The number of amides is 1. The van der Waals surface area contributed by atoms with Crippen molar-refractivity contribution >= 4 is 16.9 Å². The summed E-state index contributed by atoms with van der Waals surface area (Å²) >= 11 is 0. The van der Waals surface area contributed by atoms with Gasteiger partial charge in [-0.15, -0.1) is 0 Å². The predicted octanol–water partition coefficient (Wildman–Crippen LogP) is 1.40. The summed E-state index contributed by atoms with van der Waals surface area (Å²) in [6.45, 7) is 2.23. The SMILES string of the molecule is CC(NCc1cc2ccccc2o1)C(N)=O. The van der Waals surface area contributed by atoms with Gasteiger partial charge in [-0.25, -0.2) is 0 Å². The van der Waals surface area contributed by atoms with E-state index in [-0.39, 0.29) is 11.9 Å². The van der Waals surface area contributed by atoms with E-state index in [1.54, 1.807) is 6.92 Å². The van der Waals surface area contributed by atoms with Crippen molar-refractivity contribution in [2.24, 2.45) is 5.73 Å². The van der Waals surface area contributed by atoms with Gasteiger partial charge in [-0.05, 0) is 19.1 Å². The summed E-state index contributed by atoms with van der Waals surface area (Å²) in [5.41, 5.74) is 6.00. The van der Waals surface area contributed by atoms with Crippen LogP contribution in [0.25, 0.3) is 11.0 Å². The Morgan fingerprint density at radius 1 is 1.50 bits per heavy atom. The standard InChI is InChI=1S/C12H14N2O2/c1-8(12(13)15)14-7-10-6-9-4-2-3-5-11(9)16-10/h2-6,8,14H,7H2,1H3,(H2,13,15). The minimum Gasteiger partial charge on any atom is -0.460 e. The number of nitrogens with two attached hydrogens (primary N) is 1. The zero-order valence-electron chi connectivity index (χ0n) is 9.07. The number of hydrogen-bond donors (Lipinski definition) is 2. The molecule has 1 atom stereocenters. The number of benzene rings is 1. The molecule has 4 nitrogen and oxygen atoms in total. The molecule has 1 unspecified atom stereocenters. The maximum Gasteiger partial charge on any atom is 0.234 e. The second-order valence-electron chi connectivity index (χ2n) is 3.76. The molecule has 1 aromatic carbocycles. The molecular formula is C12H14N2O2. The number of primary amides is 1. The number of hydrogen-bond acceptors (Lipinski definition) is 3. The topological polar surface area (TPSA) is 68.3 Å². The molecule has 0 saturated carbocycles. The molecule has 16 heavy (non-hydrogen) atoms. The van der Waals surface area contributed by atoms with Crippen molar-refractivity contribution in [2.75, 3.05) is 0 Å². The number of carbonyl (C=O) groups excluding carboxylic acids is 1. The van der Waals surface area contributed by atoms with Crippen molar-refractivity contribution in [1.29, 1.82) is 0 Å². The van der Waals surface area contributed by atoms with E-state index in [0.29, 0.717) is 6.54 Å².